The number of rotatable bonds is 46. The van der Waals surface area contributed by atoms with Crippen molar-refractivity contribution >= 4 is 160 Å². The first-order chi connectivity index (χ1) is 70.2. The van der Waals surface area contributed by atoms with Gasteiger partial charge in [0.05, 0.1) is 84.6 Å². The van der Waals surface area contributed by atoms with Crippen molar-refractivity contribution in [1.82, 2.24) is 59.8 Å². The molecule has 0 amide bonds. The van der Waals surface area contributed by atoms with Crippen molar-refractivity contribution in [3.8, 4) is 0 Å². The second-order valence-corrected chi connectivity index (χ2v) is 37.3. The Morgan fingerprint density at radius 1 is 0.327 bits per heavy atom. The largest absolute Gasteiger partial charge is 0.744 e. The number of carbonyl (C=O) groups excluding carboxylic acids is 2. The highest BCUT2D eigenvalue weighted by molar-refractivity contribution is 7.86. The summed E-state index contributed by atoms with van der Waals surface area (Å²) in [5.74, 6) is -0.0279. The number of hydrogen-bond donors (Lipinski definition) is 14. The van der Waals surface area contributed by atoms with Crippen molar-refractivity contribution in [3.05, 3.63) is 262 Å². The van der Waals surface area contributed by atoms with Crippen molar-refractivity contribution in [2.24, 2.45) is 0 Å². The number of anilines is 12. The van der Waals surface area contributed by atoms with Crippen LogP contribution in [0.25, 0.3) is 24.3 Å². The fourth-order valence-electron chi connectivity index (χ4n) is 13.5. The third-order valence-corrected chi connectivity index (χ3v) is 22.8. The van der Waals surface area contributed by atoms with Gasteiger partial charge in [0.25, 0.3) is 24.9 Å². The van der Waals surface area contributed by atoms with Crippen LogP contribution in [0.3, 0.4) is 0 Å². The van der Waals surface area contributed by atoms with E-state index in [2.05, 4.69) is 90.5 Å². The topological polar surface area (TPSA) is 734 Å². The Hall–Kier alpha value is -15.1. The van der Waals surface area contributed by atoms with E-state index in [0.29, 0.717) is 59.9 Å². The molecule has 4 atom stereocenters. The number of ether oxygens (including phenoxy) is 2. The number of hydrogen-bond acceptors (Lipinski definition) is 46. The third-order valence-electron chi connectivity index (χ3n) is 19.3. The summed E-state index contributed by atoms with van der Waals surface area (Å²) in [6.07, 6.45) is 2.03. The lowest BCUT2D eigenvalue weighted by Crippen LogP contribution is -2.38. The molecule has 0 aliphatic heterocycles. The van der Waals surface area contributed by atoms with Crippen LogP contribution in [-0.2, 0) is 94.8 Å². The number of carboxylic acid groups (broad SMARTS) is 2. The van der Waals surface area contributed by atoms with E-state index in [9.17, 15) is 92.7 Å². The summed E-state index contributed by atoms with van der Waals surface area (Å²) >= 11 is 0. The van der Waals surface area contributed by atoms with Crippen molar-refractivity contribution < 1.29 is 132 Å². The minimum atomic E-state index is -5.18. The van der Waals surface area contributed by atoms with Crippen LogP contribution in [0.15, 0.2) is 214 Å². The Labute approximate surface area is 868 Å². The van der Waals surface area contributed by atoms with Crippen LogP contribution in [0.5, 0.6) is 0 Å². The van der Waals surface area contributed by atoms with Gasteiger partial charge in [-0.1, -0.05) is 173 Å². The van der Waals surface area contributed by atoms with Gasteiger partial charge < -0.3 is 120 Å². The number of methoxy groups -OCH3 is 2. The molecule has 12 rings (SSSR count). The summed E-state index contributed by atoms with van der Waals surface area (Å²) in [6, 6.07) is 52.3. The van der Waals surface area contributed by atoms with Crippen LogP contribution in [-0.4, -0.2) is 305 Å². The number of benzene rings is 8. The molecule has 0 bridgehead atoms. The van der Waals surface area contributed by atoms with Gasteiger partial charge in [-0.2, -0.15) is 49.8 Å². The highest BCUT2D eigenvalue weighted by Gasteiger charge is 2.25. The van der Waals surface area contributed by atoms with Gasteiger partial charge in [-0.05, 0) is 133 Å². The second kappa shape index (κ2) is 62.2. The smallest absolute Gasteiger partial charge is 0.300 e. The number of carbonyl (C=O) groups is 4. The van der Waals surface area contributed by atoms with Crippen molar-refractivity contribution in [2.75, 3.05) is 134 Å². The zero-order chi connectivity index (χ0) is 109. The van der Waals surface area contributed by atoms with Gasteiger partial charge in [0, 0.05) is 115 Å². The zero-order valence-electron chi connectivity index (χ0n) is 81.2. The molecule has 14 N–H and O–H groups in total. The molecule has 0 aliphatic rings. The number of para-hydroxylation sites is 2. The molecule has 48 nitrogen and oxygen atoms in total. The predicted molar refractivity (Wildman–Crippen MR) is 555 cm³/mol. The number of nitrogens with zero attached hydrogens (tertiary/aromatic N) is 16. The van der Waals surface area contributed by atoms with Gasteiger partial charge in [0.1, 0.15) is 63.8 Å². The van der Waals surface area contributed by atoms with E-state index in [4.69, 9.17) is 29.4 Å². The van der Waals surface area contributed by atoms with E-state index in [0.717, 1.165) is 49.2 Å². The molecular formula is C98H120N20O28S4-4. The summed E-state index contributed by atoms with van der Waals surface area (Å²) in [5.41, 5.74) is 3.41. The molecule has 52 heteroatoms. The highest BCUT2D eigenvalue weighted by Crippen LogP contribution is 2.33. The number of carboxylic acids is 2. The molecule has 0 spiro atoms. The molecule has 4 unspecified atom stereocenters. The van der Waals surface area contributed by atoms with Gasteiger partial charge in [-0.25, -0.2) is 43.6 Å². The quantitative estimate of drug-likeness (QED) is 0.0102. The molecule has 0 aliphatic carbocycles. The van der Waals surface area contributed by atoms with E-state index in [-0.39, 0.29) is 199 Å². The van der Waals surface area contributed by atoms with E-state index < -0.39 is 96.4 Å². The SMILES string of the molecule is C.C.CC(=O)O.CC(=O)O.CC(O)CN(CC(C)O)c1nc(Cc2ccccc2)nc(Cc2ccc(/C=C/c3ccc(Nc4nc(Nc5ccccc5)nc(N(CC(C)O)CC(C)O)n4)cc3S(=O)(=O)[O-])c(S(=O)(=O)[O-])c2)n1.COC=O.COC=O.O=S(=O)([O-])c1cc(Cc2nc(Cc3ccccc3)nc(N(CCO)CCO)n2)ccc1/C=C/c1ccc(Nc2nc(Nc3ccccc3)nc(N(CCO)CCO)n2)cc1S(=O)(=O)[O-]. The third kappa shape index (κ3) is 44.1. The molecule has 4 aromatic heterocycles. The lowest BCUT2D eigenvalue weighted by Gasteiger charge is -2.26. The maximum absolute atomic E-state index is 12.7. The van der Waals surface area contributed by atoms with Gasteiger partial charge in [0.2, 0.25) is 47.6 Å². The fraction of sp³-hybridized carbons (Fsp3) is 0.306. The predicted octanol–water partition coefficient (Wildman–Crippen LogP) is 7.16. The maximum atomic E-state index is 12.7. The summed E-state index contributed by atoms with van der Waals surface area (Å²) in [5, 5.41) is 106. The molecule has 808 valence electrons. The number of aliphatic hydroxyl groups is 8. The number of aliphatic carboxylic acids is 2. The van der Waals surface area contributed by atoms with E-state index in [1.54, 1.807) is 97.0 Å². The van der Waals surface area contributed by atoms with E-state index in [1.807, 2.05) is 72.8 Å². The molecule has 12 aromatic rings. The van der Waals surface area contributed by atoms with Crippen molar-refractivity contribution in [3.63, 3.8) is 0 Å². The Balaban J connectivity index is 0.000000456. The molecule has 0 saturated heterocycles. The second-order valence-electron chi connectivity index (χ2n) is 31.9. The lowest BCUT2D eigenvalue weighted by molar-refractivity contribution is -0.135. The fourth-order valence-corrected chi connectivity index (χ4v) is 16.3. The first kappa shape index (κ1) is 125. The van der Waals surface area contributed by atoms with Crippen LogP contribution in [0.4, 0.5) is 70.3 Å². The van der Waals surface area contributed by atoms with Crippen molar-refractivity contribution in [1.29, 1.82) is 0 Å². The summed E-state index contributed by atoms with van der Waals surface area (Å²) < 4.78 is 160. The van der Waals surface area contributed by atoms with Crippen LogP contribution < -0.4 is 40.9 Å². The molecule has 8 aromatic carbocycles. The summed E-state index contributed by atoms with van der Waals surface area (Å²) in [7, 11) is -18.0. The number of aliphatic hydroxyl groups excluding tert-OH is 8. The van der Waals surface area contributed by atoms with Crippen LogP contribution in [0, 0.1) is 0 Å². The molecule has 4 heterocycles. The minimum absolute atomic E-state index is 0. The van der Waals surface area contributed by atoms with E-state index in [1.165, 1.54) is 85.9 Å². The van der Waals surface area contributed by atoms with Gasteiger partial charge in [-0.15, -0.1) is 0 Å². The maximum Gasteiger partial charge on any atom is 0.300 e. The first-order valence-electron chi connectivity index (χ1n) is 44.7. The van der Waals surface area contributed by atoms with Crippen LogP contribution in [0.1, 0.15) is 124 Å². The molecule has 0 radical (unpaired) electrons. The molecular weight excluding hydrogens is 2030 g/mol. The minimum Gasteiger partial charge on any atom is -0.744 e. The van der Waals surface area contributed by atoms with Crippen LogP contribution in [0.2, 0.25) is 0 Å². The average Bonchev–Trinajstić information content (AvgIpc) is 0.798. The van der Waals surface area contributed by atoms with Gasteiger partial charge >= 0.3 is 0 Å². The summed E-state index contributed by atoms with van der Waals surface area (Å²) in [6.45, 7) is 8.81. The van der Waals surface area contributed by atoms with Crippen LogP contribution >= 0.6 is 0 Å². The Kier molecular flexibility index (Phi) is 52.0. The lowest BCUT2D eigenvalue weighted by atomic mass is 10.1. The first-order valence-corrected chi connectivity index (χ1v) is 50.3. The standard InChI is InChI=1S/C46H54N10O10S2.C42H46N10O10S2.4C2H4O2.2CH4/c1-29(57)25-55(26-30(2)58)45-50-41(22-33-11-7-5-8-12-33)49-42(51-45)23-34-15-16-35(39(21-34)67(61,62)63)17-18-36-19-20-38(24-40(36)68(64,65)66)48-44-52-43(47-37-13-9-6-10-14-37)53-46(54-44)56(27-31(3)59)28-32(4)60;53-21-17-51(18-22-54)41-46-37(26-29-7-3-1-4-8-29)45-38(47-41)27-30-11-12-31(35(25-30)63(57,58)59)13-14-32-15-16-34(28-36(32)64(60,61)62)44-40-48-39(43-33-9-5-2-6-10-33)49-42(50-40)52(19-23-55)20-24-56;2*1-4-2-3;2*1-2(3)4;;/h5-21,24,29-32,57-60H,22-23,25-28H2,1-4H3,(H,61,62,63)(H,64,65,66)(H2,47,48,52,53,54);1-16,25,28,53-56H,17-24,26-27H2,(H,57,58,59)(H,60,61,62)(H2,43,44,48,49,50);2*2H,1H3;2*1H3,(H,3,4);2*1H4/p-4/b18-17+;14-13+;;;;;;. The highest BCUT2D eigenvalue weighted by atomic mass is 32.2. The number of nitrogens with one attached hydrogen (secondary N) is 4. The molecule has 0 fully saturated rings. The average molecular weight is 2150 g/mol. The Bertz CT molecular complexity index is 6430. The zero-order valence-corrected chi connectivity index (χ0v) is 84.4. The van der Waals surface area contributed by atoms with Crippen molar-refractivity contribution in [2.45, 2.75) is 126 Å². The van der Waals surface area contributed by atoms with Gasteiger partial charge in [0.15, 0.2) is 0 Å². The Morgan fingerprint density at radius 2 is 0.547 bits per heavy atom. The summed E-state index contributed by atoms with van der Waals surface area (Å²) in [4.78, 5) is 93.6. The molecule has 0 saturated carbocycles. The Morgan fingerprint density at radius 3 is 0.793 bits per heavy atom. The number of aromatic nitrogens is 12. The normalized spacial score (nSPS) is 11.9. The van der Waals surface area contributed by atoms with Gasteiger partial charge in [-0.3, -0.25) is 19.2 Å². The van der Waals surface area contributed by atoms with E-state index >= 15 is 0 Å². The monoisotopic (exact) mass is 2150 g/mol. The molecule has 150 heavy (non-hydrogen) atoms.